The number of carbonyl (C=O) groups is 4. The van der Waals surface area contributed by atoms with E-state index in [9.17, 15) is 29.1 Å². The molecule has 0 heterocycles. The van der Waals surface area contributed by atoms with Crippen LogP contribution in [0.4, 0.5) is 0 Å². The van der Waals surface area contributed by atoms with Crippen molar-refractivity contribution in [2.75, 3.05) is 6.54 Å². The first kappa shape index (κ1) is 25.7. The summed E-state index contributed by atoms with van der Waals surface area (Å²) in [7, 11) is 0. The largest absolute Gasteiger partial charge is 0.481 e. The molecule has 11 heteroatoms. The second-order valence-electron chi connectivity index (χ2n) is 6.91. The third kappa shape index (κ3) is 9.83. The van der Waals surface area contributed by atoms with Crippen LogP contribution in [-0.2, 0) is 30.4 Å². The van der Waals surface area contributed by atoms with Crippen LogP contribution in [0, 0.1) is 0 Å². The zero-order chi connectivity index (χ0) is 23.4. The lowest BCUT2D eigenvalue weighted by Gasteiger charge is -2.23. The van der Waals surface area contributed by atoms with Crippen molar-refractivity contribution in [3.05, 3.63) is 35.9 Å². The summed E-state index contributed by atoms with van der Waals surface area (Å²) in [4.78, 5) is 58.0. The van der Waals surface area contributed by atoms with E-state index in [1.54, 1.807) is 36.6 Å². The molecular formula is C20H27N4O7. The smallest absolute Gasteiger partial charge is 0.303 e. The number of hydrogen-bond acceptors (Lipinski definition) is 7. The molecule has 1 rings (SSSR count). The number of benzene rings is 1. The second-order valence-corrected chi connectivity index (χ2v) is 6.91. The molecule has 7 N–H and O–H groups in total. The molecule has 0 aliphatic heterocycles. The molecule has 0 unspecified atom stereocenters. The zero-order valence-corrected chi connectivity index (χ0v) is 17.0. The lowest BCUT2D eigenvalue weighted by molar-refractivity contribution is -0.137. The van der Waals surface area contributed by atoms with Crippen LogP contribution in [0.1, 0.15) is 25.3 Å². The van der Waals surface area contributed by atoms with Crippen LogP contribution in [0.5, 0.6) is 0 Å². The number of nitrogens with one attached hydrogen (secondary N) is 3. The van der Waals surface area contributed by atoms with Crippen LogP contribution in [-0.4, -0.2) is 71.0 Å². The topological polar surface area (TPSA) is 188 Å². The van der Waals surface area contributed by atoms with E-state index in [0.29, 0.717) is 0 Å². The fourth-order valence-electron chi connectivity index (χ4n) is 2.57. The number of aliphatic hydroxyl groups is 1. The first-order chi connectivity index (χ1) is 14.6. The predicted molar refractivity (Wildman–Crippen MR) is 109 cm³/mol. The highest BCUT2D eigenvalue weighted by molar-refractivity contribution is 5.92. The number of carboxylic acids is 1. The average Bonchev–Trinajstić information content (AvgIpc) is 2.73. The van der Waals surface area contributed by atoms with Crippen molar-refractivity contribution in [3.8, 4) is 0 Å². The van der Waals surface area contributed by atoms with Gasteiger partial charge in [-0.3, -0.25) is 24.0 Å². The van der Waals surface area contributed by atoms with Crippen molar-refractivity contribution in [3.63, 3.8) is 0 Å². The Hall–Kier alpha value is -3.31. The summed E-state index contributed by atoms with van der Waals surface area (Å²) in [5.41, 5.74) is 6.32. The fourth-order valence-corrected chi connectivity index (χ4v) is 2.57. The van der Waals surface area contributed by atoms with Crippen LogP contribution in [0.2, 0.25) is 0 Å². The molecule has 169 valence electrons. The highest BCUT2D eigenvalue weighted by Crippen LogP contribution is 2.03. The van der Waals surface area contributed by atoms with E-state index < -0.39 is 54.5 Å². The lowest BCUT2D eigenvalue weighted by atomic mass is 10.1. The van der Waals surface area contributed by atoms with Gasteiger partial charge >= 0.3 is 5.97 Å². The molecule has 0 bridgehead atoms. The summed E-state index contributed by atoms with van der Waals surface area (Å²) in [6.45, 7) is 0.741. The molecule has 1 radical (unpaired) electrons. The van der Waals surface area contributed by atoms with Gasteiger partial charge in [0.1, 0.15) is 6.04 Å². The molecule has 0 saturated heterocycles. The van der Waals surface area contributed by atoms with Gasteiger partial charge in [0.2, 0.25) is 24.0 Å². The number of carboxylic acid groups (broad SMARTS) is 1. The highest BCUT2D eigenvalue weighted by Gasteiger charge is 2.28. The Labute approximate surface area is 179 Å². The van der Waals surface area contributed by atoms with Crippen LogP contribution in [0.15, 0.2) is 30.3 Å². The van der Waals surface area contributed by atoms with Gasteiger partial charge in [-0.15, -0.1) is 0 Å². The van der Waals surface area contributed by atoms with E-state index in [1.165, 1.54) is 6.92 Å². The number of carbonyl (C=O) groups excluding carboxylic acids is 4. The van der Waals surface area contributed by atoms with Gasteiger partial charge in [-0.2, -0.15) is 0 Å². The average molecular weight is 435 g/mol. The van der Waals surface area contributed by atoms with Crippen LogP contribution < -0.4 is 21.7 Å². The quantitative estimate of drug-likeness (QED) is 0.205. The molecule has 1 aromatic carbocycles. The van der Waals surface area contributed by atoms with Gasteiger partial charge in [-0.25, -0.2) is 0 Å². The first-order valence-corrected chi connectivity index (χ1v) is 9.58. The fraction of sp³-hybridized carbons (Fsp3) is 0.450. The van der Waals surface area contributed by atoms with Crippen molar-refractivity contribution in [1.82, 2.24) is 16.0 Å². The molecule has 0 aliphatic carbocycles. The molecule has 0 fully saturated rings. The summed E-state index contributed by atoms with van der Waals surface area (Å²) >= 11 is 0. The standard InChI is InChI=1S/C20H27N4O7/c1-12(26)18(20(31)23-14(11-25)9-13-5-3-2-4-6-13)24-16(27)10-22-19(30)15(21)7-8-17(28)29/h2-6,12,14-15,18,26H,7-10,21H2,1H3,(H,22,30)(H,23,31)(H,24,27)(H,28,29)/t12-,14+,15+,18+/m1/s1. The maximum absolute atomic E-state index is 12.4. The third-order valence-electron chi connectivity index (χ3n) is 4.25. The molecule has 0 aliphatic rings. The maximum atomic E-state index is 12.4. The third-order valence-corrected chi connectivity index (χ3v) is 4.25. The van der Waals surface area contributed by atoms with E-state index in [0.717, 1.165) is 5.56 Å². The van der Waals surface area contributed by atoms with Crippen molar-refractivity contribution >= 4 is 30.0 Å². The van der Waals surface area contributed by atoms with E-state index in [4.69, 9.17) is 10.8 Å². The number of rotatable bonds is 13. The van der Waals surface area contributed by atoms with Crippen molar-refractivity contribution < 1.29 is 34.2 Å². The number of aliphatic hydroxyl groups excluding tert-OH is 1. The summed E-state index contributed by atoms with van der Waals surface area (Å²) in [6.07, 6.45) is 0.196. The summed E-state index contributed by atoms with van der Waals surface area (Å²) in [5.74, 6) is -3.41. The summed E-state index contributed by atoms with van der Waals surface area (Å²) in [6, 6.07) is 5.43. The van der Waals surface area contributed by atoms with E-state index in [2.05, 4.69) is 16.0 Å². The normalized spacial score (nSPS) is 14.4. The number of amides is 3. The molecule has 0 saturated carbocycles. The number of nitrogens with two attached hydrogens (primary N) is 1. The minimum absolute atomic E-state index is 0.105. The molecular weight excluding hydrogens is 408 g/mol. The Morgan fingerprint density at radius 1 is 1.10 bits per heavy atom. The van der Waals surface area contributed by atoms with Crippen LogP contribution in [0.3, 0.4) is 0 Å². The zero-order valence-electron chi connectivity index (χ0n) is 17.0. The molecule has 11 nitrogen and oxygen atoms in total. The van der Waals surface area contributed by atoms with E-state index in [1.807, 2.05) is 0 Å². The van der Waals surface area contributed by atoms with E-state index >= 15 is 0 Å². The maximum Gasteiger partial charge on any atom is 0.303 e. The Morgan fingerprint density at radius 2 is 1.74 bits per heavy atom. The molecule has 0 spiro atoms. The first-order valence-electron chi connectivity index (χ1n) is 9.58. The Kier molecular flexibility index (Phi) is 10.9. The highest BCUT2D eigenvalue weighted by atomic mass is 16.4. The van der Waals surface area contributed by atoms with Gasteiger partial charge in [0.05, 0.1) is 24.7 Å². The number of hydrogen-bond donors (Lipinski definition) is 6. The van der Waals surface area contributed by atoms with Crippen LogP contribution >= 0.6 is 0 Å². The van der Waals surface area contributed by atoms with Crippen LogP contribution in [0.25, 0.3) is 0 Å². The van der Waals surface area contributed by atoms with Crippen molar-refractivity contribution in [2.45, 2.75) is 50.4 Å². The minimum Gasteiger partial charge on any atom is -0.481 e. The number of aliphatic carboxylic acids is 1. The molecule has 3 amide bonds. The van der Waals surface area contributed by atoms with Gasteiger partial charge in [-0.05, 0) is 18.9 Å². The minimum atomic E-state index is -1.38. The van der Waals surface area contributed by atoms with E-state index in [-0.39, 0.29) is 19.3 Å². The Morgan fingerprint density at radius 3 is 2.29 bits per heavy atom. The Bertz CT molecular complexity index is 770. The van der Waals surface area contributed by atoms with Gasteiger partial charge in [-0.1, -0.05) is 30.3 Å². The van der Waals surface area contributed by atoms with Gasteiger partial charge in [0.15, 0.2) is 0 Å². The monoisotopic (exact) mass is 435 g/mol. The molecule has 0 aromatic heterocycles. The van der Waals surface area contributed by atoms with Crippen molar-refractivity contribution in [2.24, 2.45) is 5.73 Å². The van der Waals surface area contributed by atoms with Crippen molar-refractivity contribution in [1.29, 1.82) is 0 Å². The molecule has 4 atom stereocenters. The second kappa shape index (κ2) is 13.1. The molecule has 1 aromatic rings. The Balaban J connectivity index is 2.58. The van der Waals surface area contributed by atoms with Gasteiger partial charge in [0.25, 0.3) is 0 Å². The summed E-state index contributed by atoms with van der Waals surface area (Å²) < 4.78 is 0. The van der Waals surface area contributed by atoms with Gasteiger partial charge < -0.3 is 31.9 Å². The summed E-state index contributed by atoms with van der Waals surface area (Å²) in [5, 5.41) is 25.4. The predicted octanol–water partition coefficient (Wildman–Crippen LogP) is -2.00. The van der Waals surface area contributed by atoms with Gasteiger partial charge in [0, 0.05) is 12.8 Å². The molecule has 31 heavy (non-hydrogen) atoms. The SMILES string of the molecule is C[C@@H](O)[C@H](NC(=O)CNC(=O)[C@@H](N)CCC(=O)O)C(=O)N[C@H]([C]=O)Cc1ccccc1. The lowest BCUT2D eigenvalue weighted by Crippen LogP contribution is -2.56.